The number of morpholine rings is 1. The Morgan fingerprint density at radius 3 is 2.79 bits per heavy atom. The van der Waals surface area contributed by atoms with Gasteiger partial charge in [0.15, 0.2) is 17.4 Å². The number of rotatable bonds is 9. The van der Waals surface area contributed by atoms with Crippen LogP contribution < -0.4 is 20.4 Å². The first kappa shape index (κ1) is 27.7. The van der Waals surface area contributed by atoms with Crippen molar-refractivity contribution in [3.63, 3.8) is 0 Å². The van der Waals surface area contributed by atoms with Crippen LogP contribution in [0, 0.1) is 5.82 Å². The normalized spacial score (nSPS) is 13.5. The highest BCUT2D eigenvalue weighted by Gasteiger charge is 2.18. The number of anilines is 3. The summed E-state index contributed by atoms with van der Waals surface area (Å²) >= 11 is 15.6. The fourth-order valence-electron chi connectivity index (χ4n) is 3.40. The monoisotopic (exact) mass is 626 g/mol. The maximum Gasteiger partial charge on any atom is 0.245 e. The summed E-state index contributed by atoms with van der Waals surface area (Å²) in [5, 5.41) is 27.7. The Kier molecular flexibility index (Phi) is 9.10. The molecule has 0 amide bonds. The zero-order valence-corrected chi connectivity index (χ0v) is 22.8. The third-order valence-corrected chi connectivity index (χ3v) is 6.37. The second kappa shape index (κ2) is 12.5. The first-order chi connectivity index (χ1) is 18.2. The lowest BCUT2D eigenvalue weighted by Crippen LogP contribution is -2.37. The van der Waals surface area contributed by atoms with E-state index in [1.165, 1.54) is 6.21 Å². The van der Waals surface area contributed by atoms with Gasteiger partial charge in [-0.2, -0.15) is 10.1 Å². The summed E-state index contributed by atoms with van der Waals surface area (Å²) in [6.45, 7) is 5.84. The lowest BCUT2D eigenvalue weighted by molar-refractivity contribution is 0.122. The minimum absolute atomic E-state index is 0.0227. The zero-order chi connectivity index (χ0) is 27.2. The summed E-state index contributed by atoms with van der Waals surface area (Å²) < 4.78 is 25.8. The molecule has 1 saturated heterocycles. The fraction of sp³-hybridized carbons (Fsp3) is 0.208. The summed E-state index contributed by atoms with van der Waals surface area (Å²) in [5.74, 6) is -0.505. The van der Waals surface area contributed by atoms with Gasteiger partial charge in [0.25, 0.3) is 0 Å². The minimum atomic E-state index is -0.545. The number of hydrogen-bond acceptors (Lipinski definition) is 10. The highest BCUT2D eigenvalue weighted by atomic mass is 79.9. The fourth-order valence-corrected chi connectivity index (χ4v) is 4.43. The number of phenolic OH excluding ortho intramolecular Hbond substituents is 2. The van der Waals surface area contributed by atoms with E-state index in [2.05, 4.69) is 48.3 Å². The molecule has 0 radical (unpaired) electrons. The molecule has 0 atom stereocenters. The van der Waals surface area contributed by atoms with Gasteiger partial charge in [-0.3, -0.25) is 0 Å². The third kappa shape index (κ3) is 6.76. The Hall–Kier alpha value is -3.32. The van der Waals surface area contributed by atoms with Crippen molar-refractivity contribution in [3.05, 3.63) is 68.6 Å². The van der Waals surface area contributed by atoms with E-state index in [1.807, 2.05) is 0 Å². The number of phenols is 2. The average molecular weight is 628 g/mol. The van der Waals surface area contributed by atoms with Gasteiger partial charge in [-0.15, -0.1) is 0 Å². The highest BCUT2D eigenvalue weighted by Crippen LogP contribution is 2.37. The van der Waals surface area contributed by atoms with Gasteiger partial charge in [0.05, 0.1) is 36.3 Å². The highest BCUT2D eigenvalue weighted by molar-refractivity contribution is 9.10. The summed E-state index contributed by atoms with van der Waals surface area (Å²) in [5.41, 5.74) is 3.65. The molecular weight excluding hydrogens is 606 g/mol. The Morgan fingerprint density at radius 2 is 2.03 bits per heavy atom. The molecule has 3 aromatic rings. The summed E-state index contributed by atoms with van der Waals surface area (Å²) in [7, 11) is 0. The molecule has 1 aromatic heterocycles. The van der Waals surface area contributed by atoms with E-state index in [9.17, 15) is 14.6 Å². The van der Waals surface area contributed by atoms with Crippen molar-refractivity contribution in [1.82, 2.24) is 9.97 Å². The van der Waals surface area contributed by atoms with Crippen LogP contribution in [-0.2, 0) is 4.74 Å². The first-order valence-corrected chi connectivity index (χ1v) is 12.7. The van der Waals surface area contributed by atoms with E-state index in [4.69, 9.17) is 32.7 Å². The second-order valence-electron chi connectivity index (χ2n) is 7.95. The molecule has 1 aliphatic rings. The molecule has 2 heterocycles. The predicted octanol–water partition coefficient (Wildman–Crippen LogP) is 5.38. The quantitative estimate of drug-likeness (QED) is 0.141. The average Bonchev–Trinajstić information content (AvgIpc) is 2.90. The SMILES string of the molecule is C=C(COc1ccc(/C=N\Nc2ncc(F)c(N3CCOCC3)n2)c(O)c1Cl)Nc1cc(Br)cc(Cl)c1O. The predicted molar refractivity (Wildman–Crippen MR) is 148 cm³/mol. The van der Waals surface area contributed by atoms with Crippen LogP contribution in [0.3, 0.4) is 0 Å². The second-order valence-corrected chi connectivity index (χ2v) is 9.65. The largest absolute Gasteiger partial charge is 0.506 e. The summed E-state index contributed by atoms with van der Waals surface area (Å²) in [6, 6.07) is 6.28. The van der Waals surface area contributed by atoms with Gasteiger partial charge >= 0.3 is 0 Å². The van der Waals surface area contributed by atoms with Crippen molar-refractivity contribution >= 4 is 62.8 Å². The lowest BCUT2D eigenvalue weighted by atomic mass is 10.2. The van der Waals surface area contributed by atoms with Crippen molar-refractivity contribution in [2.75, 3.05) is 48.6 Å². The lowest BCUT2D eigenvalue weighted by Gasteiger charge is -2.27. The van der Waals surface area contributed by atoms with Crippen molar-refractivity contribution in [2.45, 2.75) is 0 Å². The Morgan fingerprint density at radius 1 is 1.26 bits per heavy atom. The molecule has 0 spiro atoms. The van der Waals surface area contributed by atoms with Crippen molar-refractivity contribution < 1.29 is 24.1 Å². The van der Waals surface area contributed by atoms with Gasteiger partial charge in [-0.25, -0.2) is 14.8 Å². The topological polar surface area (TPSA) is 124 Å². The van der Waals surface area contributed by atoms with Crippen LogP contribution in [-0.4, -0.2) is 59.3 Å². The molecule has 0 saturated carbocycles. The molecule has 0 aliphatic carbocycles. The Bertz CT molecular complexity index is 1370. The van der Waals surface area contributed by atoms with Crippen LogP contribution >= 0.6 is 39.1 Å². The number of aromatic hydroxyl groups is 2. The smallest absolute Gasteiger partial charge is 0.245 e. The first-order valence-electron chi connectivity index (χ1n) is 11.1. The molecule has 0 bridgehead atoms. The molecule has 38 heavy (non-hydrogen) atoms. The number of ether oxygens (including phenoxy) is 2. The van der Waals surface area contributed by atoms with E-state index in [0.29, 0.717) is 42.2 Å². The molecule has 1 fully saturated rings. The minimum Gasteiger partial charge on any atom is -0.506 e. The molecular formula is C24H22BrCl2FN6O4. The van der Waals surface area contributed by atoms with Gasteiger partial charge < -0.3 is 29.9 Å². The van der Waals surface area contributed by atoms with Crippen LogP contribution in [0.15, 0.2) is 52.3 Å². The third-order valence-electron chi connectivity index (χ3n) is 5.26. The number of hydrazone groups is 1. The number of halogens is 4. The van der Waals surface area contributed by atoms with E-state index in [1.54, 1.807) is 29.2 Å². The number of nitrogens with one attached hydrogen (secondary N) is 2. The van der Waals surface area contributed by atoms with E-state index >= 15 is 0 Å². The molecule has 10 nitrogen and oxygen atoms in total. The number of hydrogen-bond donors (Lipinski definition) is 4. The molecule has 1 aliphatic heterocycles. The van der Waals surface area contributed by atoms with E-state index in [0.717, 1.165) is 6.20 Å². The molecule has 2 aromatic carbocycles. The van der Waals surface area contributed by atoms with E-state index in [-0.39, 0.29) is 51.2 Å². The van der Waals surface area contributed by atoms with E-state index < -0.39 is 5.82 Å². The molecule has 4 rings (SSSR count). The van der Waals surface area contributed by atoms with Gasteiger partial charge in [-0.1, -0.05) is 45.7 Å². The maximum absolute atomic E-state index is 14.2. The van der Waals surface area contributed by atoms with Crippen LogP contribution in [0.4, 0.5) is 21.8 Å². The van der Waals surface area contributed by atoms with Crippen molar-refractivity contribution in [2.24, 2.45) is 5.10 Å². The molecule has 0 unspecified atom stereocenters. The van der Waals surface area contributed by atoms with Crippen LogP contribution in [0.1, 0.15) is 5.56 Å². The Balaban J connectivity index is 1.37. The molecule has 4 N–H and O–H groups in total. The summed E-state index contributed by atoms with van der Waals surface area (Å²) in [6.07, 6.45) is 2.37. The van der Waals surface area contributed by atoms with Crippen LogP contribution in [0.25, 0.3) is 0 Å². The van der Waals surface area contributed by atoms with Gasteiger partial charge in [0.1, 0.15) is 23.1 Å². The molecule has 14 heteroatoms. The van der Waals surface area contributed by atoms with Crippen molar-refractivity contribution in [3.8, 4) is 17.2 Å². The van der Waals surface area contributed by atoms with Gasteiger partial charge in [-0.05, 0) is 24.3 Å². The number of benzene rings is 2. The van der Waals surface area contributed by atoms with Crippen LogP contribution in [0.5, 0.6) is 17.2 Å². The summed E-state index contributed by atoms with van der Waals surface area (Å²) in [4.78, 5) is 9.83. The molecule has 200 valence electrons. The Labute approximate surface area is 235 Å². The van der Waals surface area contributed by atoms with Crippen LogP contribution in [0.2, 0.25) is 10.0 Å². The standard InChI is InChI=1S/C24H22BrCl2FN6O4/c1-13(31-18-9-15(25)8-16(26)22(18)36)12-38-19-3-2-14(21(35)20(19)27)10-30-33-24-29-11-17(28)23(32-24)34-4-6-37-7-5-34/h2-3,8-11,31,35-36H,1,4-7,12H2,(H,29,32,33)/b30-10-. The number of nitrogens with zero attached hydrogens (tertiary/aromatic N) is 4. The van der Waals surface area contributed by atoms with Gasteiger partial charge in [0.2, 0.25) is 5.95 Å². The van der Waals surface area contributed by atoms with Crippen molar-refractivity contribution in [1.29, 1.82) is 0 Å². The number of aromatic nitrogens is 2. The zero-order valence-electron chi connectivity index (χ0n) is 19.7. The van der Waals surface area contributed by atoms with Gasteiger partial charge in [0, 0.05) is 28.8 Å². The maximum atomic E-state index is 14.2.